The van der Waals surface area contributed by atoms with Crippen molar-refractivity contribution in [3.05, 3.63) is 71.6 Å². The maximum Gasteiger partial charge on any atom is 0.184 e. The molecule has 0 bridgehead atoms. The smallest absolute Gasteiger partial charge is 0.184 e. The van der Waals surface area contributed by atoms with E-state index < -0.39 is 6.10 Å². The predicted molar refractivity (Wildman–Crippen MR) is 119 cm³/mol. The van der Waals surface area contributed by atoms with E-state index in [1.54, 1.807) is 16.6 Å². The van der Waals surface area contributed by atoms with Gasteiger partial charge in [0.2, 0.25) is 0 Å². The van der Waals surface area contributed by atoms with E-state index in [-0.39, 0.29) is 5.82 Å². The van der Waals surface area contributed by atoms with Gasteiger partial charge in [-0.05, 0) is 62.7 Å². The molecule has 4 aromatic rings. The van der Waals surface area contributed by atoms with Gasteiger partial charge in [0.25, 0.3) is 0 Å². The predicted octanol–water partition coefficient (Wildman–Crippen LogP) is 3.85. The van der Waals surface area contributed by atoms with Gasteiger partial charge in [-0.15, -0.1) is 5.10 Å². The number of anilines is 2. The summed E-state index contributed by atoms with van der Waals surface area (Å²) in [6, 6.07) is 12.1. The molecular formula is C23H26FN7O. The van der Waals surface area contributed by atoms with Crippen molar-refractivity contribution in [1.29, 1.82) is 0 Å². The largest absolute Gasteiger partial charge is 0.364 e. The second kappa shape index (κ2) is 9.05. The van der Waals surface area contributed by atoms with Crippen LogP contribution in [-0.4, -0.2) is 55.9 Å². The number of rotatable bonds is 8. The van der Waals surface area contributed by atoms with Crippen LogP contribution in [0.5, 0.6) is 0 Å². The Kier molecular flexibility index (Phi) is 5.83. The minimum absolute atomic E-state index is 0.289. The number of hydrogen-bond acceptors (Lipinski definition) is 6. The second-order valence-corrected chi connectivity index (χ2v) is 8.07. The fraction of sp³-hybridized carbons (Fsp3) is 0.348. The number of hydrogen-bond donors (Lipinski definition) is 2. The summed E-state index contributed by atoms with van der Waals surface area (Å²) in [7, 11) is 0. The number of nitrogens with zero attached hydrogens (tertiary/aromatic N) is 5. The molecule has 1 aliphatic rings. The summed E-state index contributed by atoms with van der Waals surface area (Å²) in [6.45, 7) is 5.54. The Morgan fingerprint density at radius 3 is 2.75 bits per heavy atom. The monoisotopic (exact) mass is 435 g/mol. The first-order valence-corrected chi connectivity index (χ1v) is 10.9. The first-order chi connectivity index (χ1) is 15.7. The van der Waals surface area contributed by atoms with Gasteiger partial charge in [-0.25, -0.2) is 13.9 Å². The number of aryl methyl sites for hydroxylation is 1. The van der Waals surface area contributed by atoms with Crippen LogP contribution < -0.4 is 5.32 Å². The lowest BCUT2D eigenvalue weighted by Crippen LogP contribution is -2.25. The normalized spacial score (nSPS) is 15.4. The Morgan fingerprint density at radius 1 is 1.19 bits per heavy atom. The van der Waals surface area contributed by atoms with Crippen LogP contribution in [0.3, 0.4) is 0 Å². The molecule has 0 saturated carbocycles. The lowest BCUT2D eigenvalue weighted by Gasteiger charge is -2.21. The molecule has 32 heavy (non-hydrogen) atoms. The van der Waals surface area contributed by atoms with Crippen molar-refractivity contribution < 1.29 is 9.13 Å². The number of benzene rings is 1. The molecule has 0 radical (unpaired) electrons. The number of aromatic amines is 1. The van der Waals surface area contributed by atoms with Crippen molar-refractivity contribution in [3.8, 4) is 0 Å². The van der Waals surface area contributed by atoms with E-state index in [0.717, 1.165) is 36.4 Å². The summed E-state index contributed by atoms with van der Waals surface area (Å²) >= 11 is 0. The van der Waals surface area contributed by atoms with Gasteiger partial charge >= 0.3 is 0 Å². The molecule has 3 aromatic heterocycles. The lowest BCUT2D eigenvalue weighted by molar-refractivity contribution is 0.0586. The first-order valence-electron chi connectivity index (χ1n) is 10.9. The standard InChI is InChI=1S/C23H26FN7O/c1-16-15-20(28-27-16)25-22-19-5-4-12-31(19)29-23(26-22)21(17-6-8-18(24)9-7-17)32-14-13-30-10-2-3-11-30/h4-9,12,15,21H,2-3,10-11,13-14H2,1H3,(H2,25,26,27,28,29). The van der Waals surface area contributed by atoms with E-state index in [4.69, 9.17) is 14.8 Å². The number of halogens is 1. The SMILES string of the molecule is Cc1cc(Nc2nc(C(OCCN3CCCC3)c3ccc(F)cc3)nn3cccc23)n[nH]1. The molecule has 4 heterocycles. The fourth-order valence-electron chi connectivity index (χ4n) is 4.02. The molecule has 0 aliphatic carbocycles. The van der Waals surface area contributed by atoms with Gasteiger partial charge in [0.15, 0.2) is 17.5 Å². The van der Waals surface area contributed by atoms with Crippen LogP contribution >= 0.6 is 0 Å². The average molecular weight is 436 g/mol. The molecule has 1 fully saturated rings. The van der Waals surface area contributed by atoms with E-state index in [1.807, 2.05) is 31.3 Å². The molecule has 0 amide bonds. The lowest BCUT2D eigenvalue weighted by atomic mass is 10.1. The third-order valence-electron chi connectivity index (χ3n) is 5.66. The Labute approximate surface area is 185 Å². The van der Waals surface area contributed by atoms with Crippen LogP contribution in [-0.2, 0) is 4.74 Å². The Balaban J connectivity index is 1.47. The van der Waals surface area contributed by atoms with Crippen molar-refractivity contribution in [1.82, 2.24) is 29.7 Å². The molecule has 1 aliphatic heterocycles. The maximum absolute atomic E-state index is 13.6. The zero-order valence-corrected chi connectivity index (χ0v) is 18.0. The molecule has 5 rings (SSSR count). The third kappa shape index (κ3) is 4.49. The molecule has 2 N–H and O–H groups in total. The molecular weight excluding hydrogens is 409 g/mol. The second-order valence-electron chi connectivity index (χ2n) is 8.07. The van der Waals surface area contributed by atoms with Gasteiger partial charge in [0.05, 0.1) is 6.61 Å². The molecule has 166 valence electrons. The van der Waals surface area contributed by atoms with E-state index in [1.165, 1.54) is 25.0 Å². The van der Waals surface area contributed by atoms with Gasteiger partial charge in [-0.1, -0.05) is 12.1 Å². The average Bonchev–Trinajstić information content (AvgIpc) is 3.54. The highest BCUT2D eigenvalue weighted by atomic mass is 19.1. The van der Waals surface area contributed by atoms with Crippen molar-refractivity contribution in [2.75, 3.05) is 31.6 Å². The molecule has 8 nitrogen and oxygen atoms in total. The number of aromatic nitrogens is 5. The summed E-state index contributed by atoms with van der Waals surface area (Å²) in [6.07, 6.45) is 3.81. The minimum atomic E-state index is -0.522. The van der Waals surface area contributed by atoms with Crippen molar-refractivity contribution in [2.45, 2.75) is 25.9 Å². The van der Waals surface area contributed by atoms with Crippen LogP contribution in [0.1, 0.15) is 36.0 Å². The number of fused-ring (bicyclic) bond motifs is 1. The van der Waals surface area contributed by atoms with Gasteiger partial charge in [-0.2, -0.15) is 5.10 Å². The summed E-state index contributed by atoms with van der Waals surface area (Å²) in [5.41, 5.74) is 2.58. The van der Waals surface area contributed by atoms with Crippen LogP contribution in [0.25, 0.3) is 5.52 Å². The van der Waals surface area contributed by atoms with Crippen LogP contribution in [0.4, 0.5) is 16.0 Å². The van der Waals surface area contributed by atoms with Crippen LogP contribution in [0.2, 0.25) is 0 Å². The summed E-state index contributed by atoms with van der Waals surface area (Å²) in [4.78, 5) is 7.19. The van der Waals surface area contributed by atoms with Crippen molar-refractivity contribution in [2.24, 2.45) is 0 Å². The van der Waals surface area contributed by atoms with Crippen molar-refractivity contribution in [3.63, 3.8) is 0 Å². The van der Waals surface area contributed by atoms with Gasteiger partial charge < -0.3 is 15.0 Å². The van der Waals surface area contributed by atoms with Crippen LogP contribution in [0.15, 0.2) is 48.7 Å². The van der Waals surface area contributed by atoms with E-state index in [2.05, 4.69) is 20.4 Å². The van der Waals surface area contributed by atoms with Crippen LogP contribution in [0, 0.1) is 12.7 Å². The van der Waals surface area contributed by atoms with Crippen molar-refractivity contribution >= 4 is 17.2 Å². The summed E-state index contributed by atoms with van der Waals surface area (Å²) in [5, 5.41) is 15.2. The maximum atomic E-state index is 13.6. The van der Waals surface area contributed by atoms with Gasteiger partial charge in [0, 0.05) is 24.5 Å². The van der Waals surface area contributed by atoms with Gasteiger partial charge in [-0.3, -0.25) is 5.10 Å². The molecule has 1 atom stereocenters. The van der Waals surface area contributed by atoms with E-state index >= 15 is 0 Å². The fourth-order valence-corrected chi connectivity index (χ4v) is 4.02. The molecule has 0 spiro atoms. The quantitative estimate of drug-likeness (QED) is 0.438. The van der Waals surface area contributed by atoms with Gasteiger partial charge in [0.1, 0.15) is 17.4 Å². The topological polar surface area (TPSA) is 83.4 Å². The van der Waals surface area contributed by atoms with E-state index in [0.29, 0.717) is 24.1 Å². The number of nitrogens with one attached hydrogen (secondary N) is 2. The zero-order valence-electron chi connectivity index (χ0n) is 18.0. The highest BCUT2D eigenvalue weighted by molar-refractivity contribution is 5.72. The number of H-pyrrole nitrogens is 1. The Morgan fingerprint density at radius 2 is 2.00 bits per heavy atom. The Hall–Kier alpha value is -3.30. The zero-order chi connectivity index (χ0) is 21.9. The highest BCUT2D eigenvalue weighted by Crippen LogP contribution is 2.27. The first kappa shape index (κ1) is 20.6. The molecule has 9 heteroatoms. The Bertz CT molecular complexity index is 1180. The summed E-state index contributed by atoms with van der Waals surface area (Å²) < 4.78 is 21.6. The molecule has 1 saturated heterocycles. The summed E-state index contributed by atoms with van der Waals surface area (Å²) in [5.74, 6) is 1.50. The number of likely N-dealkylation sites (tertiary alicyclic amines) is 1. The van der Waals surface area contributed by atoms with E-state index in [9.17, 15) is 4.39 Å². The molecule has 1 unspecified atom stereocenters. The minimum Gasteiger partial charge on any atom is -0.364 e. The third-order valence-corrected chi connectivity index (χ3v) is 5.66. The molecule has 1 aromatic carbocycles. The number of ether oxygens (including phenoxy) is 1. The highest BCUT2D eigenvalue weighted by Gasteiger charge is 2.22.